The van der Waals surface area contributed by atoms with Crippen LogP contribution in [0.5, 0.6) is 0 Å². The van der Waals surface area contributed by atoms with Gasteiger partial charge in [0.2, 0.25) is 11.5 Å². The van der Waals surface area contributed by atoms with Gasteiger partial charge < -0.3 is 65.0 Å². The quantitative estimate of drug-likeness (QED) is 0.0281. The van der Waals surface area contributed by atoms with Gasteiger partial charge in [0.05, 0.1) is 83.2 Å². The SMILES string of the molecule is O=C1CCC(N2C(=O)c3cccc(NCCOCCOCCOCCOCCOCCNC(=O)c4cc5cc(N6CCC(O)(C(=O)NCc7cc(F)cc(F)c7)C6=O)ccc5[nH]4)c3C2=O)C(O)N1. The van der Waals surface area contributed by atoms with E-state index in [0.29, 0.717) is 94.4 Å². The van der Waals surface area contributed by atoms with Crippen molar-refractivity contribution in [2.45, 2.75) is 43.7 Å². The third kappa shape index (κ3) is 12.0. The van der Waals surface area contributed by atoms with Gasteiger partial charge in [0.15, 0.2) is 0 Å². The number of benzene rings is 3. The van der Waals surface area contributed by atoms with Gasteiger partial charge in [0.1, 0.15) is 23.6 Å². The Hall–Kier alpha value is -6.40. The number of fused-ring (bicyclic) bond motifs is 2. The highest BCUT2D eigenvalue weighted by Gasteiger charge is 2.52. The van der Waals surface area contributed by atoms with Crippen LogP contribution in [0.15, 0.2) is 60.7 Å². The Morgan fingerprint density at radius 1 is 0.779 bits per heavy atom. The van der Waals surface area contributed by atoms with Gasteiger partial charge in [-0.1, -0.05) is 6.07 Å². The molecule has 22 heteroatoms. The number of ether oxygens (including phenoxy) is 5. The van der Waals surface area contributed by atoms with E-state index < -0.39 is 53.1 Å². The minimum absolute atomic E-state index is 0.0364. The molecule has 0 aliphatic carbocycles. The smallest absolute Gasteiger partial charge is 0.268 e. The number of carbonyl (C=O) groups is 6. The molecule has 0 saturated carbocycles. The zero-order valence-electron chi connectivity index (χ0n) is 37.0. The summed E-state index contributed by atoms with van der Waals surface area (Å²) in [6.45, 7) is 3.65. The number of aromatic nitrogens is 1. The number of aromatic amines is 1. The van der Waals surface area contributed by atoms with Crippen LogP contribution in [0.2, 0.25) is 0 Å². The number of rotatable bonds is 25. The van der Waals surface area contributed by atoms with E-state index in [1.54, 1.807) is 42.5 Å². The number of anilines is 2. The highest BCUT2D eigenvalue weighted by molar-refractivity contribution is 6.24. The monoisotopic (exact) mass is 949 g/mol. The molecular weight excluding hydrogens is 897 g/mol. The summed E-state index contributed by atoms with van der Waals surface area (Å²) in [5.41, 5.74) is 0.00347. The molecule has 7 rings (SSSR count). The fraction of sp³-hybridized carbons (Fsp3) is 0.435. The van der Waals surface area contributed by atoms with Crippen molar-refractivity contribution in [1.29, 1.82) is 0 Å². The van der Waals surface area contributed by atoms with Crippen LogP contribution in [0.1, 0.15) is 56.0 Å². The molecule has 0 bridgehead atoms. The first-order valence-corrected chi connectivity index (χ1v) is 22.1. The Balaban J connectivity index is 0.683. The summed E-state index contributed by atoms with van der Waals surface area (Å²) in [6.07, 6.45) is -1.24. The molecule has 3 aliphatic heterocycles. The number of piperidine rings is 1. The highest BCUT2D eigenvalue weighted by Crippen LogP contribution is 2.34. The Morgan fingerprint density at radius 3 is 2.09 bits per heavy atom. The summed E-state index contributed by atoms with van der Waals surface area (Å²) in [7, 11) is 0. The van der Waals surface area contributed by atoms with E-state index in [9.17, 15) is 47.8 Å². The molecule has 364 valence electrons. The number of carbonyl (C=O) groups excluding carboxylic acids is 6. The maximum absolute atomic E-state index is 13.5. The van der Waals surface area contributed by atoms with Crippen molar-refractivity contribution in [3.05, 3.63) is 94.7 Å². The maximum atomic E-state index is 13.5. The van der Waals surface area contributed by atoms with Crippen molar-refractivity contribution in [3.8, 4) is 0 Å². The number of imide groups is 1. The van der Waals surface area contributed by atoms with Crippen LogP contribution in [0.4, 0.5) is 20.2 Å². The minimum Gasteiger partial charge on any atom is -0.382 e. The molecule has 6 amide bonds. The molecule has 3 unspecified atom stereocenters. The molecule has 68 heavy (non-hydrogen) atoms. The van der Waals surface area contributed by atoms with Crippen molar-refractivity contribution in [3.63, 3.8) is 0 Å². The molecule has 1 aromatic heterocycles. The number of H-pyrrole nitrogens is 1. The minimum atomic E-state index is -2.37. The lowest BCUT2D eigenvalue weighted by Gasteiger charge is -2.33. The van der Waals surface area contributed by atoms with Gasteiger partial charge in [-0.05, 0) is 60.5 Å². The Morgan fingerprint density at radius 2 is 1.43 bits per heavy atom. The number of nitrogens with zero attached hydrogens (tertiary/aromatic N) is 2. The van der Waals surface area contributed by atoms with E-state index in [2.05, 4.69) is 26.3 Å². The van der Waals surface area contributed by atoms with Crippen molar-refractivity contribution in [2.24, 2.45) is 0 Å². The number of nitrogens with one attached hydrogen (secondary N) is 5. The summed E-state index contributed by atoms with van der Waals surface area (Å²) < 4.78 is 54.8. The summed E-state index contributed by atoms with van der Waals surface area (Å²) in [6, 6.07) is 13.4. The second-order valence-corrected chi connectivity index (χ2v) is 16.1. The second-order valence-electron chi connectivity index (χ2n) is 16.1. The molecule has 3 aromatic carbocycles. The van der Waals surface area contributed by atoms with Crippen LogP contribution in [-0.2, 0) is 44.6 Å². The van der Waals surface area contributed by atoms with E-state index >= 15 is 0 Å². The zero-order chi connectivity index (χ0) is 48.2. The largest absolute Gasteiger partial charge is 0.382 e. The molecule has 20 nitrogen and oxygen atoms in total. The van der Waals surface area contributed by atoms with Gasteiger partial charge in [-0.2, -0.15) is 0 Å². The lowest BCUT2D eigenvalue weighted by atomic mass is 10.0. The molecule has 3 aliphatic rings. The first-order valence-electron chi connectivity index (χ1n) is 22.1. The van der Waals surface area contributed by atoms with Crippen LogP contribution in [-0.4, -0.2) is 159 Å². The fourth-order valence-electron chi connectivity index (χ4n) is 7.98. The molecule has 7 N–H and O–H groups in total. The Bertz CT molecular complexity index is 2470. The van der Waals surface area contributed by atoms with E-state index in [4.69, 9.17) is 23.7 Å². The van der Waals surface area contributed by atoms with Crippen molar-refractivity contribution in [2.75, 3.05) is 95.9 Å². The van der Waals surface area contributed by atoms with Crippen LogP contribution in [0.3, 0.4) is 0 Å². The average Bonchev–Trinajstić information content (AvgIpc) is 3.96. The third-order valence-corrected chi connectivity index (χ3v) is 11.4. The summed E-state index contributed by atoms with van der Waals surface area (Å²) >= 11 is 0. The predicted octanol–water partition coefficient (Wildman–Crippen LogP) is 1.35. The number of hydrogen-bond acceptors (Lipinski definition) is 14. The number of amides is 6. The molecular formula is C46H53F2N7O13. The lowest BCUT2D eigenvalue weighted by Crippen LogP contribution is -2.57. The van der Waals surface area contributed by atoms with E-state index in [1.807, 2.05) is 0 Å². The van der Waals surface area contributed by atoms with E-state index in [1.165, 1.54) is 4.90 Å². The second kappa shape index (κ2) is 23.1. The Labute approximate surface area is 388 Å². The third-order valence-electron chi connectivity index (χ3n) is 11.4. The number of halogens is 2. The highest BCUT2D eigenvalue weighted by atomic mass is 19.1. The van der Waals surface area contributed by atoms with Gasteiger partial charge in [0, 0.05) is 67.4 Å². The first kappa shape index (κ1) is 49.5. The van der Waals surface area contributed by atoms with Crippen LogP contribution < -0.4 is 26.2 Å². The van der Waals surface area contributed by atoms with Gasteiger partial charge in [-0.3, -0.25) is 33.7 Å². The molecule has 4 heterocycles. The van der Waals surface area contributed by atoms with E-state index in [0.717, 1.165) is 17.0 Å². The van der Waals surface area contributed by atoms with Gasteiger partial charge >= 0.3 is 0 Å². The van der Waals surface area contributed by atoms with Crippen LogP contribution in [0.25, 0.3) is 10.9 Å². The molecule has 2 saturated heterocycles. The molecule has 0 radical (unpaired) electrons. The maximum Gasteiger partial charge on any atom is 0.268 e. The first-order chi connectivity index (χ1) is 32.8. The summed E-state index contributed by atoms with van der Waals surface area (Å²) in [5.74, 6) is -5.22. The molecule has 0 spiro atoms. The van der Waals surface area contributed by atoms with Crippen molar-refractivity contribution in [1.82, 2.24) is 25.8 Å². The Kier molecular flexibility index (Phi) is 16.8. The average molecular weight is 950 g/mol. The predicted molar refractivity (Wildman–Crippen MR) is 237 cm³/mol. The normalized spacial score (nSPS) is 19.2. The molecule has 2 fully saturated rings. The standard InChI is InChI=1S/C46H53F2N7O13/c47-30-22-28(23-31(48)26-30)27-51-44(61)46(63)8-11-54(45(46)62)32-4-5-34-29(24-32)25-36(52-34)40(57)50-10-13-65-15-17-67-19-21-68-20-18-66-16-14-64-12-9-49-35-3-1-2-33-39(35)43(60)55(42(33)59)37-6-7-38(56)53-41(37)58/h1-5,22-26,37,41,49,52,58,63H,6-21,27H2,(H,50,57)(H,51,61)(H,53,56). The summed E-state index contributed by atoms with van der Waals surface area (Å²) in [5, 5.41) is 32.6. The molecule has 3 atom stereocenters. The van der Waals surface area contributed by atoms with Gasteiger partial charge in [0.25, 0.3) is 29.5 Å². The van der Waals surface area contributed by atoms with Crippen molar-refractivity contribution >= 4 is 57.7 Å². The topological polar surface area (TPSA) is 259 Å². The number of aliphatic hydroxyl groups excluding tert-OH is 1. The van der Waals surface area contributed by atoms with Gasteiger partial charge in [-0.25, -0.2) is 8.78 Å². The van der Waals surface area contributed by atoms with E-state index in [-0.39, 0.29) is 79.7 Å². The van der Waals surface area contributed by atoms with Crippen molar-refractivity contribution < 1.29 is 71.4 Å². The fourth-order valence-corrected chi connectivity index (χ4v) is 7.98. The number of hydrogen-bond donors (Lipinski definition) is 7. The lowest BCUT2D eigenvalue weighted by molar-refractivity contribution is -0.149. The number of aliphatic hydroxyl groups is 2. The zero-order valence-corrected chi connectivity index (χ0v) is 37.0. The van der Waals surface area contributed by atoms with Crippen LogP contribution >= 0.6 is 0 Å². The molecule has 4 aromatic rings. The summed E-state index contributed by atoms with van der Waals surface area (Å²) in [4.78, 5) is 82.1. The van der Waals surface area contributed by atoms with Gasteiger partial charge in [-0.15, -0.1) is 0 Å². The van der Waals surface area contributed by atoms with Crippen LogP contribution in [0, 0.1) is 11.6 Å².